The summed E-state index contributed by atoms with van der Waals surface area (Å²) in [6.45, 7) is 2.80. The van der Waals surface area contributed by atoms with Gasteiger partial charge in [0, 0.05) is 30.8 Å². The van der Waals surface area contributed by atoms with Crippen molar-refractivity contribution in [2.75, 3.05) is 25.6 Å². The minimum absolute atomic E-state index is 0.0614. The second-order valence-corrected chi connectivity index (χ2v) is 6.77. The highest BCUT2D eigenvalue weighted by atomic mass is 16.5. The zero-order chi connectivity index (χ0) is 20.8. The first-order valence-electron chi connectivity index (χ1n) is 9.49. The van der Waals surface area contributed by atoms with Gasteiger partial charge in [0.1, 0.15) is 5.75 Å². The third-order valence-electron chi connectivity index (χ3n) is 4.80. The van der Waals surface area contributed by atoms with E-state index in [-0.39, 0.29) is 18.2 Å². The minimum atomic E-state index is -0.429. The number of carbonyl (C=O) groups is 3. The number of benzene rings is 2. The number of hydrogen-bond donors (Lipinski definition) is 1. The molecule has 29 heavy (non-hydrogen) atoms. The lowest BCUT2D eigenvalue weighted by molar-refractivity contribution is -0.128. The number of nitrogens with zero attached hydrogens (tertiary/aromatic N) is 1. The van der Waals surface area contributed by atoms with Crippen LogP contribution in [0.2, 0.25) is 0 Å². The van der Waals surface area contributed by atoms with Crippen LogP contribution in [0.4, 0.5) is 5.69 Å². The van der Waals surface area contributed by atoms with Gasteiger partial charge in [0.2, 0.25) is 11.8 Å². The molecule has 0 radical (unpaired) electrons. The van der Waals surface area contributed by atoms with Gasteiger partial charge in [0.15, 0.2) is 0 Å². The molecule has 2 aromatic carbocycles. The van der Waals surface area contributed by atoms with E-state index in [9.17, 15) is 14.4 Å². The van der Waals surface area contributed by atoms with Crippen LogP contribution in [0.5, 0.6) is 5.75 Å². The van der Waals surface area contributed by atoms with Crippen LogP contribution < -0.4 is 10.1 Å². The van der Waals surface area contributed by atoms with Gasteiger partial charge in [-0.05, 0) is 37.3 Å². The molecule has 0 bridgehead atoms. The molecule has 0 saturated carbocycles. The lowest BCUT2D eigenvalue weighted by atomic mass is 10.1. The van der Waals surface area contributed by atoms with E-state index < -0.39 is 11.9 Å². The molecular weight excluding hydrogens is 372 g/mol. The number of likely N-dealkylation sites (tertiary alicyclic amines) is 1. The summed E-state index contributed by atoms with van der Waals surface area (Å²) in [5.74, 6) is -0.394. The van der Waals surface area contributed by atoms with Gasteiger partial charge in [-0.3, -0.25) is 9.59 Å². The molecule has 2 aromatic rings. The van der Waals surface area contributed by atoms with Crippen LogP contribution in [0, 0.1) is 5.92 Å². The van der Waals surface area contributed by atoms with Gasteiger partial charge in [-0.1, -0.05) is 18.2 Å². The largest absolute Gasteiger partial charge is 0.496 e. The van der Waals surface area contributed by atoms with Crippen LogP contribution in [-0.4, -0.2) is 42.9 Å². The van der Waals surface area contributed by atoms with Crippen molar-refractivity contribution in [2.45, 2.75) is 19.9 Å². The number of hydrogen-bond acceptors (Lipinski definition) is 5. The Hall–Kier alpha value is -3.35. The maximum atomic E-state index is 12.6. The number of methoxy groups -OCH3 is 1. The number of para-hydroxylation sites is 1. The molecule has 1 unspecified atom stereocenters. The van der Waals surface area contributed by atoms with Gasteiger partial charge < -0.3 is 19.7 Å². The Bertz CT molecular complexity index is 894. The molecule has 0 spiro atoms. The number of nitrogens with one attached hydrogen (secondary N) is 1. The summed E-state index contributed by atoms with van der Waals surface area (Å²) in [5.41, 5.74) is 1.89. The fourth-order valence-electron chi connectivity index (χ4n) is 3.29. The molecule has 152 valence electrons. The fraction of sp³-hybridized carbons (Fsp3) is 0.318. The Labute approximate surface area is 169 Å². The highest BCUT2D eigenvalue weighted by Gasteiger charge is 2.34. The Morgan fingerprint density at radius 2 is 1.86 bits per heavy atom. The Kier molecular flexibility index (Phi) is 6.49. The molecule has 1 aliphatic rings. The maximum Gasteiger partial charge on any atom is 0.338 e. The summed E-state index contributed by atoms with van der Waals surface area (Å²) in [6.07, 6.45) is 0.169. The Morgan fingerprint density at radius 1 is 1.14 bits per heavy atom. The lowest BCUT2D eigenvalue weighted by Gasteiger charge is -2.18. The molecule has 1 atom stereocenters. The summed E-state index contributed by atoms with van der Waals surface area (Å²) in [4.78, 5) is 38.3. The van der Waals surface area contributed by atoms with Crippen molar-refractivity contribution >= 4 is 23.5 Å². The number of amides is 2. The summed E-state index contributed by atoms with van der Waals surface area (Å²) >= 11 is 0. The van der Waals surface area contributed by atoms with Gasteiger partial charge in [0.25, 0.3) is 0 Å². The molecule has 0 aliphatic carbocycles. The SMILES string of the molecule is CCOC(=O)c1ccc(NC(=O)C2CC(=O)N(Cc3ccccc3OC)C2)cc1. The molecular formula is C22H24N2O5. The van der Waals surface area contributed by atoms with E-state index >= 15 is 0 Å². The number of ether oxygens (including phenoxy) is 2. The topological polar surface area (TPSA) is 84.9 Å². The smallest absolute Gasteiger partial charge is 0.338 e. The first kappa shape index (κ1) is 20.4. The standard InChI is InChI=1S/C22H24N2O5/c1-3-29-22(27)15-8-10-18(11-9-15)23-21(26)17-12-20(25)24(14-17)13-16-6-4-5-7-19(16)28-2/h4-11,17H,3,12-14H2,1-2H3,(H,23,26). The molecule has 2 amide bonds. The van der Waals surface area contributed by atoms with Crippen LogP contribution in [-0.2, 0) is 20.9 Å². The normalized spacial score (nSPS) is 15.9. The molecule has 0 aromatic heterocycles. The summed E-state index contributed by atoms with van der Waals surface area (Å²) in [6, 6.07) is 14.0. The van der Waals surface area contributed by atoms with Gasteiger partial charge >= 0.3 is 5.97 Å². The van der Waals surface area contributed by atoms with Crippen LogP contribution in [0.25, 0.3) is 0 Å². The van der Waals surface area contributed by atoms with Crippen molar-refractivity contribution in [2.24, 2.45) is 5.92 Å². The van der Waals surface area contributed by atoms with Crippen LogP contribution in [0.15, 0.2) is 48.5 Å². The molecule has 1 aliphatic heterocycles. The third-order valence-corrected chi connectivity index (χ3v) is 4.80. The minimum Gasteiger partial charge on any atom is -0.496 e. The van der Waals surface area contributed by atoms with E-state index in [1.165, 1.54) is 0 Å². The fourth-order valence-corrected chi connectivity index (χ4v) is 3.29. The second-order valence-electron chi connectivity index (χ2n) is 6.77. The zero-order valence-corrected chi connectivity index (χ0v) is 16.5. The highest BCUT2D eigenvalue weighted by molar-refractivity contribution is 5.97. The average Bonchev–Trinajstić information content (AvgIpc) is 3.09. The van der Waals surface area contributed by atoms with E-state index in [4.69, 9.17) is 9.47 Å². The van der Waals surface area contributed by atoms with Crippen LogP contribution in [0.1, 0.15) is 29.3 Å². The van der Waals surface area contributed by atoms with Gasteiger partial charge in [-0.2, -0.15) is 0 Å². The molecule has 1 fully saturated rings. The number of esters is 1. The molecule has 1 N–H and O–H groups in total. The highest BCUT2D eigenvalue weighted by Crippen LogP contribution is 2.25. The predicted octanol–water partition coefficient (Wildman–Crippen LogP) is 2.86. The van der Waals surface area contributed by atoms with Gasteiger partial charge in [-0.25, -0.2) is 4.79 Å². The van der Waals surface area contributed by atoms with Crippen molar-refractivity contribution in [1.29, 1.82) is 0 Å². The van der Waals surface area contributed by atoms with E-state index in [2.05, 4.69) is 5.32 Å². The van der Waals surface area contributed by atoms with Gasteiger partial charge in [0.05, 0.1) is 25.2 Å². The van der Waals surface area contributed by atoms with Crippen molar-refractivity contribution in [3.05, 3.63) is 59.7 Å². The van der Waals surface area contributed by atoms with Crippen molar-refractivity contribution < 1.29 is 23.9 Å². The number of rotatable bonds is 7. The van der Waals surface area contributed by atoms with E-state index in [0.29, 0.717) is 30.9 Å². The predicted molar refractivity (Wildman–Crippen MR) is 108 cm³/mol. The molecule has 3 rings (SSSR count). The van der Waals surface area contributed by atoms with E-state index in [1.54, 1.807) is 43.2 Å². The quantitative estimate of drug-likeness (QED) is 0.728. The molecule has 1 saturated heterocycles. The monoisotopic (exact) mass is 396 g/mol. The van der Waals surface area contributed by atoms with E-state index in [0.717, 1.165) is 11.3 Å². The van der Waals surface area contributed by atoms with Gasteiger partial charge in [-0.15, -0.1) is 0 Å². The van der Waals surface area contributed by atoms with E-state index in [1.807, 2.05) is 24.3 Å². The summed E-state index contributed by atoms with van der Waals surface area (Å²) < 4.78 is 10.3. The van der Waals surface area contributed by atoms with Crippen molar-refractivity contribution in [3.8, 4) is 5.75 Å². The second kappa shape index (κ2) is 9.23. The maximum absolute atomic E-state index is 12.6. The first-order chi connectivity index (χ1) is 14.0. The Balaban J connectivity index is 1.59. The summed E-state index contributed by atoms with van der Waals surface area (Å²) in [5, 5.41) is 2.81. The number of carbonyl (C=O) groups excluding carboxylic acids is 3. The van der Waals surface area contributed by atoms with Crippen molar-refractivity contribution in [1.82, 2.24) is 4.90 Å². The first-order valence-corrected chi connectivity index (χ1v) is 9.49. The molecule has 1 heterocycles. The third kappa shape index (κ3) is 4.93. The average molecular weight is 396 g/mol. The van der Waals surface area contributed by atoms with Crippen LogP contribution >= 0.6 is 0 Å². The number of anilines is 1. The Morgan fingerprint density at radius 3 is 2.55 bits per heavy atom. The van der Waals surface area contributed by atoms with Crippen LogP contribution in [0.3, 0.4) is 0 Å². The molecule has 7 heteroatoms. The lowest BCUT2D eigenvalue weighted by Crippen LogP contribution is -2.28. The zero-order valence-electron chi connectivity index (χ0n) is 16.5. The van der Waals surface area contributed by atoms with Crippen molar-refractivity contribution in [3.63, 3.8) is 0 Å². The summed E-state index contributed by atoms with van der Waals surface area (Å²) in [7, 11) is 1.59. The molecule has 7 nitrogen and oxygen atoms in total.